The van der Waals surface area contributed by atoms with Gasteiger partial charge in [-0.25, -0.2) is 4.79 Å². The Labute approximate surface area is 94.6 Å². The molecule has 0 bridgehead atoms. The molecule has 1 aliphatic rings. The Bertz CT molecular complexity index is 257. The minimum atomic E-state index is -0.379. The molecule has 3 amide bonds. The van der Waals surface area contributed by atoms with Crippen molar-refractivity contribution < 1.29 is 19.4 Å². The summed E-state index contributed by atoms with van der Waals surface area (Å²) in [7, 11) is 0. The monoisotopic (exact) mass is 230 g/mol. The summed E-state index contributed by atoms with van der Waals surface area (Å²) in [5.74, 6) is -0.181. The Morgan fingerprint density at radius 2 is 2.19 bits per heavy atom. The van der Waals surface area contributed by atoms with E-state index in [9.17, 15) is 9.59 Å². The number of aliphatic hydroxyl groups excluding tert-OH is 1. The van der Waals surface area contributed by atoms with Gasteiger partial charge in [-0.05, 0) is 6.42 Å². The van der Waals surface area contributed by atoms with E-state index >= 15 is 0 Å². The minimum absolute atomic E-state index is 0.0569. The summed E-state index contributed by atoms with van der Waals surface area (Å²) in [6, 6.07) is -0.730. The van der Waals surface area contributed by atoms with E-state index < -0.39 is 0 Å². The number of urea groups is 1. The van der Waals surface area contributed by atoms with Gasteiger partial charge in [0.15, 0.2) is 0 Å². The van der Waals surface area contributed by atoms with Gasteiger partial charge in [-0.3, -0.25) is 9.69 Å². The molecule has 0 saturated carbocycles. The van der Waals surface area contributed by atoms with Gasteiger partial charge in [0.25, 0.3) is 5.91 Å². The molecule has 1 rings (SSSR count). The van der Waals surface area contributed by atoms with Gasteiger partial charge in [0, 0.05) is 0 Å². The van der Waals surface area contributed by atoms with Gasteiger partial charge in [0.1, 0.15) is 6.04 Å². The number of hydrogen-bond acceptors (Lipinski definition) is 4. The fraction of sp³-hybridized carbons (Fsp3) is 0.800. The van der Waals surface area contributed by atoms with E-state index in [4.69, 9.17) is 9.84 Å². The van der Waals surface area contributed by atoms with Crippen molar-refractivity contribution in [3.05, 3.63) is 0 Å². The Kier molecular flexibility index (Phi) is 5.21. The summed E-state index contributed by atoms with van der Waals surface area (Å²) in [6.45, 7) is 2.64. The molecule has 0 radical (unpaired) electrons. The highest BCUT2D eigenvalue weighted by Crippen LogP contribution is 2.10. The Balaban J connectivity index is 2.36. The second-order valence-corrected chi connectivity index (χ2v) is 3.62. The molecule has 2 N–H and O–H groups in total. The molecular weight excluding hydrogens is 212 g/mol. The highest BCUT2D eigenvalue weighted by atomic mass is 16.5. The molecular formula is C10H18N2O4. The van der Waals surface area contributed by atoms with Crippen LogP contribution in [-0.2, 0) is 9.53 Å². The second kappa shape index (κ2) is 6.44. The normalized spacial score (nSPS) is 20.4. The number of carbonyl (C=O) groups is 2. The third-order valence-corrected chi connectivity index (χ3v) is 2.38. The zero-order chi connectivity index (χ0) is 12.0. The summed E-state index contributed by atoms with van der Waals surface area (Å²) in [5.41, 5.74) is 0. The summed E-state index contributed by atoms with van der Waals surface area (Å²) in [4.78, 5) is 24.3. The van der Waals surface area contributed by atoms with Gasteiger partial charge in [-0.15, -0.1) is 0 Å². The molecule has 1 atom stereocenters. The summed E-state index contributed by atoms with van der Waals surface area (Å²) in [6.07, 6.45) is 1.52. The van der Waals surface area contributed by atoms with Crippen LogP contribution in [0.15, 0.2) is 0 Å². The third kappa shape index (κ3) is 3.18. The van der Waals surface area contributed by atoms with Crippen LogP contribution in [0.5, 0.6) is 0 Å². The van der Waals surface area contributed by atoms with E-state index in [1.165, 1.54) is 0 Å². The van der Waals surface area contributed by atoms with Gasteiger partial charge in [-0.1, -0.05) is 13.3 Å². The second-order valence-electron chi connectivity index (χ2n) is 3.62. The Hall–Kier alpha value is -1.14. The molecule has 6 heteroatoms. The number of hydrogen-bond donors (Lipinski definition) is 2. The van der Waals surface area contributed by atoms with Crippen molar-refractivity contribution in [1.29, 1.82) is 0 Å². The highest BCUT2D eigenvalue weighted by molar-refractivity contribution is 6.04. The number of rotatable bonds is 7. The van der Waals surface area contributed by atoms with E-state index in [1.54, 1.807) is 0 Å². The Morgan fingerprint density at radius 1 is 1.44 bits per heavy atom. The molecule has 0 aliphatic carbocycles. The van der Waals surface area contributed by atoms with Crippen LogP contribution in [-0.4, -0.2) is 54.4 Å². The highest BCUT2D eigenvalue weighted by Gasteiger charge is 2.36. The van der Waals surface area contributed by atoms with Crippen LogP contribution in [0.4, 0.5) is 4.79 Å². The van der Waals surface area contributed by atoms with Crippen LogP contribution >= 0.6 is 0 Å². The lowest BCUT2D eigenvalue weighted by Gasteiger charge is -2.12. The van der Waals surface area contributed by atoms with Crippen molar-refractivity contribution >= 4 is 11.9 Å². The zero-order valence-corrected chi connectivity index (χ0v) is 9.44. The third-order valence-electron chi connectivity index (χ3n) is 2.38. The SMILES string of the molecule is CCCC1NC(=O)N(CCOCCO)C1=O. The molecule has 1 unspecified atom stereocenters. The van der Waals surface area contributed by atoms with Crippen LogP contribution in [0, 0.1) is 0 Å². The quantitative estimate of drug-likeness (QED) is 0.465. The fourth-order valence-corrected chi connectivity index (χ4v) is 1.60. The maximum absolute atomic E-state index is 11.7. The standard InChI is InChI=1S/C10H18N2O4/c1-2-3-8-9(14)12(10(15)11-8)4-6-16-7-5-13/h8,13H,2-7H2,1H3,(H,11,15). The first-order chi connectivity index (χ1) is 7.70. The summed E-state index contributed by atoms with van der Waals surface area (Å²) in [5, 5.41) is 11.1. The average molecular weight is 230 g/mol. The van der Waals surface area contributed by atoms with Gasteiger partial charge in [0.05, 0.1) is 26.4 Å². The Morgan fingerprint density at radius 3 is 2.81 bits per heavy atom. The van der Waals surface area contributed by atoms with Gasteiger partial charge in [0.2, 0.25) is 0 Å². The van der Waals surface area contributed by atoms with E-state index in [0.717, 1.165) is 11.3 Å². The van der Waals surface area contributed by atoms with Crippen LogP contribution in [0.2, 0.25) is 0 Å². The van der Waals surface area contributed by atoms with Crippen LogP contribution in [0.25, 0.3) is 0 Å². The molecule has 1 aliphatic heterocycles. The lowest BCUT2D eigenvalue weighted by molar-refractivity contribution is -0.128. The van der Waals surface area contributed by atoms with Crippen LogP contribution in [0.1, 0.15) is 19.8 Å². The number of ether oxygens (including phenoxy) is 1. The van der Waals surface area contributed by atoms with E-state index in [0.29, 0.717) is 6.42 Å². The summed E-state index contributed by atoms with van der Waals surface area (Å²) >= 11 is 0. The van der Waals surface area contributed by atoms with E-state index in [2.05, 4.69) is 5.32 Å². The topological polar surface area (TPSA) is 78.9 Å². The molecule has 0 spiro atoms. The number of nitrogens with zero attached hydrogens (tertiary/aromatic N) is 1. The van der Waals surface area contributed by atoms with Crippen molar-refractivity contribution in [1.82, 2.24) is 10.2 Å². The molecule has 1 saturated heterocycles. The van der Waals surface area contributed by atoms with Crippen molar-refractivity contribution in [2.24, 2.45) is 0 Å². The zero-order valence-electron chi connectivity index (χ0n) is 9.44. The van der Waals surface area contributed by atoms with Crippen molar-refractivity contribution in [2.75, 3.05) is 26.4 Å². The number of carbonyl (C=O) groups excluding carboxylic acids is 2. The minimum Gasteiger partial charge on any atom is -0.394 e. The average Bonchev–Trinajstić information content (AvgIpc) is 2.52. The first-order valence-electron chi connectivity index (χ1n) is 5.51. The molecule has 0 aromatic heterocycles. The summed E-state index contributed by atoms with van der Waals surface area (Å²) < 4.78 is 5.01. The molecule has 1 heterocycles. The molecule has 92 valence electrons. The predicted octanol–water partition coefficient (Wildman–Crippen LogP) is -0.284. The van der Waals surface area contributed by atoms with Gasteiger partial charge >= 0.3 is 6.03 Å². The number of nitrogens with one attached hydrogen (secondary N) is 1. The smallest absolute Gasteiger partial charge is 0.324 e. The van der Waals surface area contributed by atoms with Gasteiger partial charge < -0.3 is 15.2 Å². The fourth-order valence-electron chi connectivity index (χ4n) is 1.60. The number of aliphatic hydroxyl groups is 1. The maximum atomic E-state index is 11.7. The number of imide groups is 1. The van der Waals surface area contributed by atoms with Gasteiger partial charge in [-0.2, -0.15) is 0 Å². The van der Waals surface area contributed by atoms with Crippen LogP contribution < -0.4 is 5.32 Å². The molecule has 0 aromatic carbocycles. The number of amides is 3. The molecule has 1 fully saturated rings. The molecule has 6 nitrogen and oxygen atoms in total. The predicted molar refractivity (Wildman–Crippen MR) is 56.8 cm³/mol. The maximum Gasteiger partial charge on any atom is 0.324 e. The first kappa shape index (κ1) is 12.9. The van der Waals surface area contributed by atoms with Crippen molar-refractivity contribution in [3.63, 3.8) is 0 Å². The lowest BCUT2D eigenvalue weighted by atomic mass is 10.2. The van der Waals surface area contributed by atoms with E-state index in [-0.39, 0.29) is 44.3 Å². The first-order valence-corrected chi connectivity index (χ1v) is 5.51. The van der Waals surface area contributed by atoms with Crippen molar-refractivity contribution in [3.8, 4) is 0 Å². The molecule has 0 aromatic rings. The lowest BCUT2D eigenvalue weighted by Crippen LogP contribution is -2.34. The van der Waals surface area contributed by atoms with E-state index in [1.807, 2.05) is 6.92 Å². The van der Waals surface area contributed by atoms with Crippen LogP contribution in [0.3, 0.4) is 0 Å². The largest absolute Gasteiger partial charge is 0.394 e. The van der Waals surface area contributed by atoms with Crippen molar-refractivity contribution in [2.45, 2.75) is 25.8 Å². The molecule has 16 heavy (non-hydrogen) atoms.